The van der Waals surface area contributed by atoms with Gasteiger partial charge in [-0.1, -0.05) is 0 Å². The predicted molar refractivity (Wildman–Crippen MR) is 94.9 cm³/mol. The van der Waals surface area contributed by atoms with Gasteiger partial charge in [0.05, 0.1) is 27.0 Å². The number of ether oxygens (including phenoxy) is 3. The number of carbonyl (C=O) groups is 1. The van der Waals surface area contributed by atoms with E-state index in [-0.39, 0.29) is 18.1 Å². The molecule has 26 heavy (non-hydrogen) atoms. The second kappa shape index (κ2) is 7.73. The lowest BCUT2D eigenvalue weighted by atomic mass is 10.2. The van der Waals surface area contributed by atoms with E-state index in [0.29, 0.717) is 29.6 Å². The van der Waals surface area contributed by atoms with Gasteiger partial charge in [-0.05, 0) is 31.2 Å². The number of hydrogen-bond donors (Lipinski definition) is 1. The average molecular weight is 356 g/mol. The van der Waals surface area contributed by atoms with Gasteiger partial charge in [0.25, 0.3) is 5.91 Å². The van der Waals surface area contributed by atoms with E-state index in [4.69, 9.17) is 14.2 Å². The molecule has 0 fully saturated rings. The largest absolute Gasteiger partial charge is 0.497 e. The van der Waals surface area contributed by atoms with Crippen LogP contribution < -0.4 is 19.5 Å². The maximum Gasteiger partial charge on any atom is 0.271 e. The van der Waals surface area contributed by atoms with Gasteiger partial charge in [0.1, 0.15) is 17.2 Å². The highest BCUT2D eigenvalue weighted by Gasteiger charge is 2.13. The maximum absolute atomic E-state index is 12.4. The molecule has 136 valence electrons. The molecule has 8 heteroatoms. The van der Waals surface area contributed by atoms with Crippen LogP contribution >= 0.6 is 0 Å². The Morgan fingerprint density at radius 3 is 2.77 bits per heavy atom. The fraction of sp³-hybridized carbons (Fsp3) is 0.278. The van der Waals surface area contributed by atoms with Gasteiger partial charge in [-0.25, -0.2) is 9.50 Å². The van der Waals surface area contributed by atoms with Crippen LogP contribution in [0.15, 0.2) is 36.5 Å². The second-order valence-corrected chi connectivity index (χ2v) is 5.39. The number of benzene rings is 1. The van der Waals surface area contributed by atoms with E-state index < -0.39 is 0 Å². The Morgan fingerprint density at radius 2 is 2.04 bits per heavy atom. The van der Waals surface area contributed by atoms with Crippen LogP contribution in [-0.2, 0) is 6.54 Å². The third kappa shape index (κ3) is 3.69. The highest BCUT2D eigenvalue weighted by atomic mass is 16.5. The van der Waals surface area contributed by atoms with Gasteiger partial charge in [0, 0.05) is 18.2 Å². The van der Waals surface area contributed by atoms with Crippen molar-refractivity contribution in [1.29, 1.82) is 0 Å². The zero-order valence-corrected chi connectivity index (χ0v) is 14.9. The molecular weight excluding hydrogens is 336 g/mol. The van der Waals surface area contributed by atoms with Gasteiger partial charge >= 0.3 is 0 Å². The van der Waals surface area contributed by atoms with Crippen molar-refractivity contribution in [2.75, 3.05) is 20.8 Å². The molecule has 1 N–H and O–H groups in total. The SMILES string of the molecule is CCOc1ccc2nc(C(=O)NCc3cc(OC)ccc3OC)cn2n1. The molecule has 3 aromatic rings. The molecule has 0 bridgehead atoms. The minimum Gasteiger partial charge on any atom is -0.497 e. The number of rotatable bonds is 7. The monoisotopic (exact) mass is 356 g/mol. The standard InChI is InChI=1S/C18H20N4O4/c1-4-26-17-8-7-16-20-14(11-22(16)21-17)18(23)19-10-12-9-13(24-2)5-6-15(12)25-3/h5-9,11H,4,10H2,1-3H3,(H,19,23). The van der Waals surface area contributed by atoms with E-state index in [1.165, 1.54) is 4.52 Å². The topological polar surface area (TPSA) is 87.0 Å². The highest BCUT2D eigenvalue weighted by Crippen LogP contribution is 2.23. The number of nitrogens with zero attached hydrogens (tertiary/aromatic N) is 3. The van der Waals surface area contributed by atoms with E-state index in [1.54, 1.807) is 44.7 Å². The molecule has 1 aromatic carbocycles. The Bertz CT molecular complexity index is 923. The van der Waals surface area contributed by atoms with E-state index in [2.05, 4.69) is 15.4 Å². The number of fused-ring (bicyclic) bond motifs is 1. The zero-order chi connectivity index (χ0) is 18.5. The van der Waals surface area contributed by atoms with Crippen LogP contribution in [0.3, 0.4) is 0 Å². The van der Waals surface area contributed by atoms with Gasteiger partial charge < -0.3 is 19.5 Å². The Labute approximate surface area is 150 Å². The minimum absolute atomic E-state index is 0.271. The number of methoxy groups -OCH3 is 2. The number of imidazole rings is 1. The molecule has 2 aromatic heterocycles. The average Bonchev–Trinajstić information content (AvgIpc) is 3.09. The number of aromatic nitrogens is 3. The van der Waals surface area contributed by atoms with Crippen molar-refractivity contribution >= 4 is 11.6 Å². The fourth-order valence-corrected chi connectivity index (χ4v) is 2.48. The first-order valence-corrected chi connectivity index (χ1v) is 8.13. The fourth-order valence-electron chi connectivity index (χ4n) is 2.48. The molecule has 0 saturated heterocycles. The molecule has 0 aliphatic carbocycles. The lowest BCUT2D eigenvalue weighted by molar-refractivity contribution is 0.0946. The van der Waals surface area contributed by atoms with Crippen molar-refractivity contribution in [3.8, 4) is 17.4 Å². The van der Waals surface area contributed by atoms with Gasteiger partial charge in [-0.3, -0.25) is 4.79 Å². The van der Waals surface area contributed by atoms with Crippen LogP contribution in [0.2, 0.25) is 0 Å². The molecule has 0 unspecified atom stereocenters. The van der Waals surface area contributed by atoms with E-state index in [0.717, 1.165) is 5.56 Å². The summed E-state index contributed by atoms with van der Waals surface area (Å²) in [5, 5.41) is 7.08. The summed E-state index contributed by atoms with van der Waals surface area (Å²) in [6.07, 6.45) is 1.57. The molecule has 3 rings (SSSR count). The first-order chi connectivity index (χ1) is 12.6. The van der Waals surface area contributed by atoms with Gasteiger partial charge in [0.15, 0.2) is 5.65 Å². The number of hydrogen-bond acceptors (Lipinski definition) is 6. The summed E-state index contributed by atoms with van der Waals surface area (Å²) in [7, 11) is 3.17. The first kappa shape index (κ1) is 17.5. The van der Waals surface area contributed by atoms with Crippen molar-refractivity contribution in [3.05, 3.63) is 47.8 Å². The molecule has 0 atom stereocenters. The van der Waals surface area contributed by atoms with Crippen molar-refractivity contribution in [2.24, 2.45) is 0 Å². The number of amides is 1. The molecule has 2 heterocycles. The van der Waals surface area contributed by atoms with Gasteiger partial charge in [-0.15, -0.1) is 5.10 Å². The normalized spacial score (nSPS) is 10.6. The van der Waals surface area contributed by atoms with Crippen molar-refractivity contribution in [1.82, 2.24) is 19.9 Å². The summed E-state index contributed by atoms with van der Waals surface area (Å²) >= 11 is 0. The molecule has 0 radical (unpaired) electrons. The van der Waals surface area contributed by atoms with Crippen LogP contribution in [0.5, 0.6) is 17.4 Å². The Hall–Kier alpha value is -3.29. The van der Waals surface area contributed by atoms with E-state index >= 15 is 0 Å². The smallest absolute Gasteiger partial charge is 0.271 e. The molecule has 0 saturated carbocycles. The van der Waals surface area contributed by atoms with E-state index in [1.807, 2.05) is 13.0 Å². The van der Waals surface area contributed by atoms with Crippen molar-refractivity contribution < 1.29 is 19.0 Å². The number of carbonyl (C=O) groups excluding carboxylic acids is 1. The highest BCUT2D eigenvalue weighted by molar-refractivity contribution is 5.92. The molecule has 0 aliphatic heterocycles. The summed E-state index contributed by atoms with van der Waals surface area (Å²) in [5.74, 6) is 1.53. The summed E-state index contributed by atoms with van der Waals surface area (Å²) in [5.41, 5.74) is 1.64. The lowest BCUT2D eigenvalue weighted by Gasteiger charge is -2.10. The van der Waals surface area contributed by atoms with Crippen molar-refractivity contribution in [2.45, 2.75) is 13.5 Å². The van der Waals surface area contributed by atoms with Crippen LogP contribution in [0, 0.1) is 0 Å². The lowest BCUT2D eigenvalue weighted by Crippen LogP contribution is -2.23. The molecule has 0 aliphatic rings. The van der Waals surface area contributed by atoms with Crippen LogP contribution in [0.25, 0.3) is 5.65 Å². The summed E-state index contributed by atoms with van der Waals surface area (Å²) in [6.45, 7) is 2.68. The van der Waals surface area contributed by atoms with Gasteiger partial charge in [0.2, 0.25) is 5.88 Å². The van der Waals surface area contributed by atoms with Crippen molar-refractivity contribution in [3.63, 3.8) is 0 Å². The zero-order valence-electron chi connectivity index (χ0n) is 14.9. The predicted octanol–water partition coefficient (Wildman–Crippen LogP) is 2.08. The van der Waals surface area contributed by atoms with Crippen LogP contribution in [0.4, 0.5) is 0 Å². The maximum atomic E-state index is 12.4. The van der Waals surface area contributed by atoms with Gasteiger partial charge in [-0.2, -0.15) is 0 Å². The summed E-state index contributed by atoms with van der Waals surface area (Å²) in [4.78, 5) is 16.7. The summed E-state index contributed by atoms with van der Waals surface area (Å²) in [6, 6.07) is 8.88. The van der Waals surface area contributed by atoms with Crippen LogP contribution in [0.1, 0.15) is 23.0 Å². The quantitative estimate of drug-likeness (QED) is 0.697. The number of nitrogens with one attached hydrogen (secondary N) is 1. The Balaban J connectivity index is 1.75. The Morgan fingerprint density at radius 1 is 1.19 bits per heavy atom. The summed E-state index contributed by atoms with van der Waals surface area (Å²) < 4.78 is 17.4. The second-order valence-electron chi connectivity index (χ2n) is 5.39. The molecular formula is C18H20N4O4. The minimum atomic E-state index is -0.307. The molecule has 1 amide bonds. The molecule has 8 nitrogen and oxygen atoms in total. The van der Waals surface area contributed by atoms with Crippen LogP contribution in [-0.4, -0.2) is 41.3 Å². The molecule has 0 spiro atoms. The third-order valence-electron chi connectivity index (χ3n) is 3.75. The first-order valence-electron chi connectivity index (χ1n) is 8.13. The van der Waals surface area contributed by atoms with E-state index in [9.17, 15) is 4.79 Å². The Kier molecular flexibility index (Phi) is 5.21. The third-order valence-corrected chi connectivity index (χ3v) is 3.75.